The molecule has 0 saturated heterocycles. The summed E-state index contributed by atoms with van der Waals surface area (Å²) in [7, 11) is 0. The van der Waals surface area contributed by atoms with Gasteiger partial charge in [0.05, 0.1) is 11.1 Å². The van der Waals surface area contributed by atoms with Crippen LogP contribution in [0, 0.1) is 5.92 Å². The van der Waals surface area contributed by atoms with E-state index in [1.807, 2.05) is 6.07 Å². The first-order valence-electron chi connectivity index (χ1n) is 9.20. The van der Waals surface area contributed by atoms with Gasteiger partial charge in [0, 0.05) is 22.6 Å². The minimum atomic E-state index is -4.44. The first kappa shape index (κ1) is 17.9. The van der Waals surface area contributed by atoms with Crippen LogP contribution in [0.15, 0.2) is 24.3 Å². The molecule has 0 spiro atoms. The maximum Gasteiger partial charge on any atom is 0.416 e. The second kappa shape index (κ2) is 6.29. The van der Waals surface area contributed by atoms with Gasteiger partial charge >= 0.3 is 6.18 Å². The van der Waals surface area contributed by atoms with Crippen LogP contribution in [0.1, 0.15) is 60.7 Å². The highest BCUT2D eigenvalue weighted by Gasteiger charge is 2.34. The van der Waals surface area contributed by atoms with E-state index in [1.54, 1.807) is 6.08 Å². The molecule has 6 heteroatoms. The fourth-order valence-corrected chi connectivity index (χ4v) is 4.16. The molecule has 1 aromatic carbocycles. The van der Waals surface area contributed by atoms with E-state index in [9.17, 15) is 18.0 Å². The third kappa shape index (κ3) is 3.17. The Balaban J connectivity index is 1.75. The van der Waals surface area contributed by atoms with Crippen molar-refractivity contribution in [1.82, 2.24) is 4.98 Å². The lowest BCUT2D eigenvalue weighted by atomic mass is 9.80. The average Bonchev–Trinajstić information content (AvgIpc) is 3.14. The topological polar surface area (TPSA) is 44.9 Å². The second-order valence-electron chi connectivity index (χ2n) is 7.67. The average molecular weight is 374 g/mol. The largest absolute Gasteiger partial charge is 0.416 e. The number of fused-ring (bicyclic) bond motifs is 2. The van der Waals surface area contributed by atoms with Gasteiger partial charge in [0.1, 0.15) is 0 Å². The van der Waals surface area contributed by atoms with Gasteiger partial charge in [-0.25, -0.2) is 0 Å². The number of nitrogens with one attached hydrogen (secondary N) is 2. The van der Waals surface area contributed by atoms with Crippen molar-refractivity contribution in [3.63, 3.8) is 0 Å². The summed E-state index contributed by atoms with van der Waals surface area (Å²) >= 11 is 0. The predicted molar refractivity (Wildman–Crippen MR) is 99.3 cm³/mol. The summed E-state index contributed by atoms with van der Waals surface area (Å²) in [6.07, 6.45) is 0.434. The Bertz CT molecular complexity index is 937. The summed E-state index contributed by atoms with van der Waals surface area (Å²) < 4.78 is 39.1. The number of anilines is 1. The van der Waals surface area contributed by atoms with Crippen LogP contribution in [0.2, 0.25) is 0 Å². The number of halogens is 3. The Hall–Kier alpha value is -2.50. The van der Waals surface area contributed by atoms with Crippen molar-refractivity contribution in [2.75, 3.05) is 5.32 Å². The molecule has 4 rings (SSSR count). The van der Waals surface area contributed by atoms with Gasteiger partial charge in [-0.2, -0.15) is 13.2 Å². The van der Waals surface area contributed by atoms with Gasteiger partial charge in [-0.15, -0.1) is 0 Å². The number of rotatable bonds is 2. The lowest BCUT2D eigenvalue weighted by Gasteiger charge is -2.25. The van der Waals surface area contributed by atoms with Crippen molar-refractivity contribution in [3.8, 4) is 0 Å². The molecule has 2 aromatic rings. The zero-order chi connectivity index (χ0) is 19.3. The van der Waals surface area contributed by atoms with Gasteiger partial charge in [0.2, 0.25) is 0 Å². The Morgan fingerprint density at radius 3 is 2.70 bits per heavy atom. The van der Waals surface area contributed by atoms with Crippen molar-refractivity contribution in [1.29, 1.82) is 0 Å². The van der Waals surface area contributed by atoms with E-state index in [1.165, 1.54) is 17.3 Å². The molecule has 1 amide bonds. The van der Waals surface area contributed by atoms with E-state index in [-0.39, 0.29) is 11.5 Å². The highest BCUT2D eigenvalue weighted by molar-refractivity contribution is 6.34. The molecular weight excluding hydrogens is 353 g/mol. The Kier molecular flexibility index (Phi) is 4.17. The summed E-state index contributed by atoms with van der Waals surface area (Å²) in [5, 5.41) is 2.65. The number of benzene rings is 1. The lowest BCUT2D eigenvalue weighted by Crippen LogP contribution is -2.13. The monoisotopic (exact) mass is 374 g/mol. The zero-order valence-corrected chi connectivity index (χ0v) is 15.2. The lowest BCUT2D eigenvalue weighted by molar-refractivity contribution is -0.137. The van der Waals surface area contributed by atoms with Gasteiger partial charge in [-0.05, 0) is 67.0 Å². The molecule has 0 bridgehead atoms. The number of alkyl halides is 3. The van der Waals surface area contributed by atoms with Gasteiger partial charge in [0.25, 0.3) is 5.91 Å². The number of H-pyrrole nitrogens is 1. The van der Waals surface area contributed by atoms with Crippen molar-refractivity contribution >= 4 is 23.2 Å². The molecule has 2 N–H and O–H groups in total. The zero-order valence-electron chi connectivity index (χ0n) is 15.2. The molecule has 2 aliphatic rings. The molecule has 3 nitrogen and oxygen atoms in total. The van der Waals surface area contributed by atoms with Gasteiger partial charge < -0.3 is 10.3 Å². The number of aromatic amines is 1. The van der Waals surface area contributed by atoms with Crippen LogP contribution < -0.4 is 5.32 Å². The molecule has 1 aliphatic heterocycles. The van der Waals surface area contributed by atoms with E-state index >= 15 is 0 Å². The molecule has 1 unspecified atom stereocenters. The number of aromatic nitrogens is 1. The van der Waals surface area contributed by atoms with E-state index in [4.69, 9.17) is 0 Å². The fraction of sp³-hybridized carbons (Fsp3) is 0.381. The molecule has 142 valence electrons. The number of hydrogen-bond donors (Lipinski definition) is 2. The number of carbonyl (C=O) groups is 1. The highest BCUT2D eigenvalue weighted by atomic mass is 19.4. The van der Waals surface area contributed by atoms with Crippen LogP contribution in [0.4, 0.5) is 18.9 Å². The van der Waals surface area contributed by atoms with Crippen LogP contribution in [0.25, 0.3) is 11.6 Å². The predicted octanol–water partition coefficient (Wildman–Crippen LogP) is 5.60. The third-order valence-electron chi connectivity index (χ3n) is 5.53. The number of hydrogen-bond acceptors (Lipinski definition) is 1. The van der Waals surface area contributed by atoms with Crippen molar-refractivity contribution in [3.05, 3.63) is 52.3 Å². The molecule has 0 saturated carbocycles. The smallest absolute Gasteiger partial charge is 0.359 e. The van der Waals surface area contributed by atoms with Crippen LogP contribution in [0.3, 0.4) is 0 Å². The first-order chi connectivity index (χ1) is 12.7. The molecule has 27 heavy (non-hydrogen) atoms. The maximum absolute atomic E-state index is 13.0. The summed E-state index contributed by atoms with van der Waals surface area (Å²) in [5.41, 5.74) is 3.42. The Labute approximate surface area is 155 Å². The Morgan fingerprint density at radius 1 is 1.22 bits per heavy atom. The van der Waals surface area contributed by atoms with Crippen LogP contribution in [-0.2, 0) is 17.4 Å². The molecule has 2 heterocycles. The molecule has 1 atom stereocenters. The normalized spacial score (nSPS) is 20.7. The van der Waals surface area contributed by atoms with Crippen LogP contribution in [-0.4, -0.2) is 10.9 Å². The van der Waals surface area contributed by atoms with Crippen LogP contribution >= 0.6 is 0 Å². The first-order valence-corrected chi connectivity index (χ1v) is 9.20. The summed E-state index contributed by atoms with van der Waals surface area (Å²) in [6, 6.07) is 5.39. The maximum atomic E-state index is 13.0. The summed E-state index contributed by atoms with van der Waals surface area (Å²) in [6.45, 7) is 4.40. The number of aryl methyl sites for hydroxylation is 1. The summed E-state index contributed by atoms with van der Waals surface area (Å²) in [4.78, 5) is 15.7. The van der Waals surface area contributed by atoms with Crippen molar-refractivity contribution in [2.24, 2.45) is 5.92 Å². The standard InChI is InChI=1S/C21H21F3N2O/c1-11(2)14-4-3-5-18-16(14)9-13(25-18)10-17-15-8-12(21(22,23)24)6-7-19(15)26-20(17)27/h6-11,14,25H,3-5H2,1-2H3,(H,26,27). The SMILES string of the molecule is CC(C)C1CCCc2[nH]c(C=C3C(=O)Nc4ccc(C(F)(F)F)cc43)cc21. The highest BCUT2D eigenvalue weighted by Crippen LogP contribution is 2.40. The van der Waals surface area contributed by atoms with Crippen molar-refractivity contribution < 1.29 is 18.0 Å². The third-order valence-corrected chi connectivity index (χ3v) is 5.53. The molecule has 1 aromatic heterocycles. The van der Waals surface area contributed by atoms with Gasteiger partial charge in [-0.3, -0.25) is 4.79 Å². The molecule has 1 aliphatic carbocycles. The fourth-order valence-electron chi connectivity index (χ4n) is 4.16. The minimum Gasteiger partial charge on any atom is -0.359 e. The number of carbonyl (C=O) groups excluding carboxylic acids is 1. The second-order valence-corrected chi connectivity index (χ2v) is 7.67. The Morgan fingerprint density at radius 2 is 2.00 bits per heavy atom. The van der Waals surface area contributed by atoms with E-state index < -0.39 is 11.7 Å². The van der Waals surface area contributed by atoms with Crippen molar-refractivity contribution in [2.45, 2.75) is 45.2 Å². The summed E-state index contributed by atoms with van der Waals surface area (Å²) in [5.74, 6) is 0.612. The number of amides is 1. The molecule has 0 radical (unpaired) electrons. The molecular formula is C21H21F3N2O. The van der Waals surface area contributed by atoms with E-state index in [0.717, 1.165) is 37.1 Å². The van der Waals surface area contributed by atoms with E-state index in [0.29, 0.717) is 23.1 Å². The minimum absolute atomic E-state index is 0.260. The van der Waals surface area contributed by atoms with E-state index in [2.05, 4.69) is 24.1 Å². The quantitative estimate of drug-likeness (QED) is 0.660. The van der Waals surface area contributed by atoms with Gasteiger partial charge in [-0.1, -0.05) is 13.8 Å². The molecule has 0 fully saturated rings. The van der Waals surface area contributed by atoms with Gasteiger partial charge in [0.15, 0.2) is 0 Å². The van der Waals surface area contributed by atoms with Crippen LogP contribution in [0.5, 0.6) is 0 Å².